The first-order valence-corrected chi connectivity index (χ1v) is 11.1. The number of aliphatic hydroxyl groups excluding tert-OH is 1. The van der Waals surface area contributed by atoms with E-state index in [1.807, 2.05) is 36.5 Å². The highest BCUT2D eigenvalue weighted by Gasteiger charge is 2.29. The lowest BCUT2D eigenvalue weighted by Crippen LogP contribution is -2.53. The third-order valence-corrected chi connectivity index (χ3v) is 6.49. The minimum absolute atomic E-state index is 0.0323. The number of carbonyl (C=O) groups is 1. The molecule has 2 atom stereocenters. The molecule has 2 fully saturated rings. The Morgan fingerprint density at radius 2 is 2.03 bits per heavy atom. The van der Waals surface area contributed by atoms with Crippen molar-refractivity contribution in [3.8, 4) is 11.3 Å². The number of carbonyl (C=O) groups excluding carboxylic acids is 1. The van der Waals surface area contributed by atoms with Crippen LogP contribution in [-0.4, -0.2) is 81.8 Å². The number of pyridine rings is 2. The van der Waals surface area contributed by atoms with E-state index < -0.39 is 5.91 Å². The van der Waals surface area contributed by atoms with E-state index in [4.69, 9.17) is 15.5 Å². The van der Waals surface area contributed by atoms with Crippen molar-refractivity contribution >= 4 is 17.2 Å². The third kappa shape index (κ3) is 3.94. The average Bonchev–Trinajstić information content (AvgIpc) is 3.24. The second kappa shape index (κ2) is 8.85. The van der Waals surface area contributed by atoms with Gasteiger partial charge in [0.1, 0.15) is 5.82 Å². The standard InChI is InChI=1S/C23H28N6O3/c24-22(31)23-26-21(19-3-1-2-7-29(19)23)16-4-5-20(25-14-16)28-10-8-27(9-11-28)17-6-12-32-18(13-17)15-30/h1-5,7,14,17-18,30H,6,8-13,15H2,(H2,24,31). The lowest BCUT2D eigenvalue weighted by atomic mass is 10.0. The van der Waals surface area contributed by atoms with E-state index in [0.29, 0.717) is 11.7 Å². The van der Waals surface area contributed by atoms with Crippen LogP contribution in [0, 0.1) is 0 Å². The van der Waals surface area contributed by atoms with Gasteiger partial charge in [-0.15, -0.1) is 0 Å². The Labute approximate surface area is 186 Å². The number of nitrogens with two attached hydrogens (primary N) is 1. The molecule has 1 amide bonds. The fraction of sp³-hybridized carbons (Fsp3) is 0.435. The maximum atomic E-state index is 11.8. The molecular formula is C23H28N6O3. The number of nitrogens with zero attached hydrogens (tertiary/aromatic N) is 5. The molecule has 9 heteroatoms. The lowest BCUT2D eigenvalue weighted by Gasteiger charge is -2.42. The van der Waals surface area contributed by atoms with Crippen LogP contribution in [-0.2, 0) is 4.74 Å². The number of amides is 1. The summed E-state index contributed by atoms with van der Waals surface area (Å²) >= 11 is 0. The first-order chi connectivity index (χ1) is 15.6. The number of aliphatic hydroxyl groups is 1. The molecule has 5 heterocycles. The molecule has 0 radical (unpaired) electrons. The lowest BCUT2D eigenvalue weighted by molar-refractivity contribution is -0.0514. The molecule has 3 N–H and O–H groups in total. The van der Waals surface area contributed by atoms with Gasteiger partial charge in [0.2, 0.25) is 5.82 Å². The number of hydrogen-bond donors (Lipinski definition) is 2. The van der Waals surface area contributed by atoms with Gasteiger partial charge < -0.3 is 20.5 Å². The van der Waals surface area contributed by atoms with Gasteiger partial charge in [0.05, 0.1) is 23.9 Å². The molecule has 2 aliphatic heterocycles. The highest BCUT2D eigenvalue weighted by Crippen LogP contribution is 2.27. The number of aromatic nitrogens is 3. The van der Waals surface area contributed by atoms with Gasteiger partial charge in [0.25, 0.3) is 5.91 Å². The van der Waals surface area contributed by atoms with Crippen molar-refractivity contribution in [1.82, 2.24) is 19.3 Å². The van der Waals surface area contributed by atoms with Crippen molar-refractivity contribution in [2.45, 2.75) is 25.0 Å². The molecule has 9 nitrogen and oxygen atoms in total. The molecule has 0 aliphatic carbocycles. The van der Waals surface area contributed by atoms with Gasteiger partial charge >= 0.3 is 0 Å². The Kier molecular flexibility index (Phi) is 5.77. The monoisotopic (exact) mass is 436 g/mol. The Morgan fingerprint density at radius 3 is 2.75 bits per heavy atom. The van der Waals surface area contributed by atoms with Gasteiger partial charge in [0.15, 0.2) is 0 Å². The van der Waals surface area contributed by atoms with Gasteiger partial charge in [-0.1, -0.05) is 6.07 Å². The van der Waals surface area contributed by atoms with Crippen LogP contribution >= 0.6 is 0 Å². The summed E-state index contributed by atoms with van der Waals surface area (Å²) < 4.78 is 7.31. The summed E-state index contributed by atoms with van der Waals surface area (Å²) in [6, 6.07) is 10.2. The molecule has 3 aromatic heterocycles. The summed E-state index contributed by atoms with van der Waals surface area (Å²) in [4.78, 5) is 25.8. The smallest absolute Gasteiger partial charge is 0.285 e. The van der Waals surface area contributed by atoms with Gasteiger partial charge in [-0.3, -0.25) is 14.1 Å². The first-order valence-electron chi connectivity index (χ1n) is 11.1. The molecule has 168 valence electrons. The van der Waals surface area contributed by atoms with Crippen molar-refractivity contribution in [1.29, 1.82) is 0 Å². The highest BCUT2D eigenvalue weighted by atomic mass is 16.5. The maximum absolute atomic E-state index is 11.8. The zero-order valence-corrected chi connectivity index (χ0v) is 17.9. The Morgan fingerprint density at radius 1 is 1.19 bits per heavy atom. The molecular weight excluding hydrogens is 408 g/mol. The second-order valence-electron chi connectivity index (χ2n) is 8.39. The molecule has 2 saturated heterocycles. The van der Waals surface area contributed by atoms with Crippen LogP contribution in [0.2, 0.25) is 0 Å². The van der Waals surface area contributed by atoms with Crippen LogP contribution in [0.1, 0.15) is 23.5 Å². The number of rotatable bonds is 5. The summed E-state index contributed by atoms with van der Waals surface area (Å²) in [6.45, 7) is 4.58. The third-order valence-electron chi connectivity index (χ3n) is 6.49. The predicted molar refractivity (Wildman–Crippen MR) is 121 cm³/mol. The summed E-state index contributed by atoms with van der Waals surface area (Å²) in [7, 11) is 0. The number of fused-ring (bicyclic) bond motifs is 1. The van der Waals surface area contributed by atoms with E-state index in [0.717, 1.165) is 62.5 Å². The van der Waals surface area contributed by atoms with Crippen LogP contribution in [0.15, 0.2) is 42.7 Å². The van der Waals surface area contributed by atoms with Gasteiger partial charge in [0, 0.05) is 56.8 Å². The zero-order valence-electron chi connectivity index (χ0n) is 17.9. The first kappa shape index (κ1) is 20.9. The fourth-order valence-corrected chi connectivity index (χ4v) is 4.77. The van der Waals surface area contributed by atoms with Crippen LogP contribution < -0.4 is 10.6 Å². The van der Waals surface area contributed by atoms with Crippen molar-refractivity contribution in [3.05, 3.63) is 48.5 Å². The topological polar surface area (TPSA) is 109 Å². The Hall–Kier alpha value is -3.01. The van der Waals surface area contributed by atoms with Crippen molar-refractivity contribution < 1.29 is 14.6 Å². The highest BCUT2D eigenvalue weighted by molar-refractivity contribution is 5.93. The number of anilines is 1. The molecule has 0 saturated carbocycles. The molecule has 2 unspecified atom stereocenters. The summed E-state index contributed by atoms with van der Waals surface area (Å²) in [5, 5.41) is 9.40. The van der Waals surface area contributed by atoms with E-state index >= 15 is 0 Å². The summed E-state index contributed by atoms with van der Waals surface area (Å²) in [5.41, 5.74) is 7.87. The number of piperazine rings is 1. The molecule has 5 rings (SSSR count). The number of imidazole rings is 1. The van der Waals surface area contributed by atoms with Crippen LogP contribution in [0.5, 0.6) is 0 Å². The van der Waals surface area contributed by atoms with Crippen molar-refractivity contribution in [3.63, 3.8) is 0 Å². The van der Waals surface area contributed by atoms with E-state index in [2.05, 4.69) is 14.8 Å². The van der Waals surface area contributed by atoms with E-state index in [1.54, 1.807) is 10.6 Å². The van der Waals surface area contributed by atoms with Crippen molar-refractivity contribution in [2.75, 3.05) is 44.3 Å². The Balaban J connectivity index is 1.28. The number of primary amides is 1. The van der Waals surface area contributed by atoms with Gasteiger partial charge in [-0.2, -0.15) is 0 Å². The van der Waals surface area contributed by atoms with E-state index in [9.17, 15) is 9.90 Å². The van der Waals surface area contributed by atoms with Gasteiger partial charge in [-0.05, 0) is 37.1 Å². The SMILES string of the molecule is NC(=O)c1nc(-c2ccc(N3CCN(C4CCOC(CO)C4)CC3)nc2)c2ccccn12. The average molecular weight is 437 g/mol. The summed E-state index contributed by atoms with van der Waals surface area (Å²) in [5.74, 6) is 0.592. The minimum atomic E-state index is -0.560. The van der Waals surface area contributed by atoms with E-state index in [1.165, 1.54) is 0 Å². The van der Waals surface area contributed by atoms with Crippen LogP contribution in [0.3, 0.4) is 0 Å². The quantitative estimate of drug-likeness (QED) is 0.618. The maximum Gasteiger partial charge on any atom is 0.285 e. The predicted octanol–water partition coefficient (Wildman–Crippen LogP) is 1.16. The van der Waals surface area contributed by atoms with Crippen LogP contribution in [0.25, 0.3) is 16.8 Å². The van der Waals surface area contributed by atoms with Crippen molar-refractivity contribution in [2.24, 2.45) is 5.73 Å². The molecule has 3 aromatic rings. The Bertz CT molecular complexity index is 1090. The van der Waals surface area contributed by atoms with Gasteiger partial charge in [-0.25, -0.2) is 9.97 Å². The molecule has 32 heavy (non-hydrogen) atoms. The largest absolute Gasteiger partial charge is 0.394 e. The molecule has 0 bridgehead atoms. The normalized spacial score (nSPS) is 22.3. The second-order valence-corrected chi connectivity index (χ2v) is 8.39. The molecule has 0 aromatic carbocycles. The minimum Gasteiger partial charge on any atom is -0.394 e. The molecule has 0 spiro atoms. The summed E-state index contributed by atoms with van der Waals surface area (Å²) in [6.07, 6.45) is 5.49. The fourth-order valence-electron chi connectivity index (χ4n) is 4.77. The number of ether oxygens (including phenoxy) is 1. The zero-order chi connectivity index (χ0) is 22.1. The number of hydrogen-bond acceptors (Lipinski definition) is 7. The van der Waals surface area contributed by atoms with Crippen LogP contribution in [0.4, 0.5) is 5.82 Å². The van der Waals surface area contributed by atoms with E-state index in [-0.39, 0.29) is 18.5 Å². The molecule has 2 aliphatic rings.